The maximum absolute atomic E-state index is 13.0. The van der Waals surface area contributed by atoms with Crippen LogP contribution in [0.4, 0.5) is 10.2 Å². The molecule has 0 aliphatic rings. The van der Waals surface area contributed by atoms with Gasteiger partial charge in [-0.1, -0.05) is 35.9 Å². The summed E-state index contributed by atoms with van der Waals surface area (Å²) in [6.45, 7) is 0.940. The topological polar surface area (TPSA) is 84.2 Å². The Morgan fingerprint density at radius 2 is 1.65 bits per heavy atom. The van der Waals surface area contributed by atoms with Crippen LogP contribution >= 0.6 is 11.6 Å². The average Bonchev–Trinajstić information content (AvgIpc) is 3.19. The van der Waals surface area contributed by atoms with Crippen molar-refractivity contribution >= 4 is 29.0 Å². The van der Waals surface area contributed by atoms with Crippen LogP contribution in [0.15, 0.2) is 60.7 Å². The molecule has 0 saturated heterocycles. The molecular weight excluding hydrogens is 419 g/mol. The largest absolute Gasteiger partial charge is 0.365 e. The van der Waals surface area contributed by atoms with Crippen molar-refractivity contribution in [1.82, 2.24) is 25.1 Å². The van der Waals surface area contributed by atoms with Crippen molar-refractivity contribution in [2.45, 2.75) is 25.9 Å². The molecule has 0 aliphatic heterocycles. The number of anilines is 1. The number of carbonyl (C=O) groups excluding carboxylic acids is 1. The summed E-state index contributed by atoms with van der Waals surface area (Å²) in [6, 6.07) is 17.3. The third kappa shape index (κ3) is 5.55. The van der Waals surface area contributed by atoms with Crippen molar-refractivity contribution in [3.63, 3.8) is 0 Å². The minimum Gasteiger partial charge on any atom is -0.365 e. The van der Waals surface area contributed by atoms with Crippen LogP contribution in [0.1, 0.15) is 23.4 Å². The van der Waals surface area contributed by atoms with Crippen molar-refractivity contribution < 1.29 is 9.18 Å². The SMILES string of the molecule is O=C(CCc1nnc2ccc(NCc3ccc(Cl)cc3)nn12)NCc1ccc(F)cc1. The van der Waals surface area contributed by atoms with E-state index in [-0.39, 0.29) is 18.1 Å². The predicted octanol–water partition coefficient (Wildman–Crippen LogP) is 3.78. The third-order valence-electron chi connectivity index (χ3n) is 4.69. The normalized spacial score (nSPS) is 10.9. The first kappa shape index (κ1) is 20.7. The molecule has 0 saturated carbocycles. The lowest BCUT2D eigenvalue weighted by Gasteiger charge is -2.07. The van der Waals surface area contributed by atoms with Gasteiger partial charge in [-0.25, -0.2) is 4.39 Å². The van der Waals surface area contributed by atoms with E-state index in [1.807, 2.05) is 36.4 Å². The zero-order valence-corrected chi connectivity index (χ0v) is 17.3. The van der Waals surface area contributed by atoms with Gasteiger partial charge in [-0.05, 0) is 47.5 Å². The van der Waals surface area contributed by atoms with Crippen LogP contribution in [0.5, 0.6) is 0 Å². The second-order valence-corrected chi connectivity index (χ2v) is 7.42. The van der Waals surface area contributed by atoms with Crippen LogP contribution in [0.3, 0.4) is 0 Å². The second-order valence-electron chi connectivity index (χ2n) is 6.99. The van der Waals surface area contributed by atoms with E-state index in [2.05, 4.69) is 25.9 Å². The first-order valence-electron chi connectivity index (χ1n) is 9.77. The number of hydrogen-bond acceptors (Lipinski definition) is 5. The summed E-state index contributed by atoms with van der Waals surface area (Å²) < 4.78 is 14.6. The Morgan fingerprint density at radius 3 is 2.42 bits per heavy atom. The van der Waals surface area contributed by atoms with Crippen molar-refractivity contribution in [1.29, 1.82) is 0 Å². The highest BCUT2D eigenvalue weighted by Crippen LogP contribution is 2.13. The van der Waals surface area contributed by atoms with Gasteiger partial charge in [-0.3, -0.25) is 4.79 Å². The number of halogens is 2. The van der Waals surface area contributed by atoms with Gasteiger partial charge in [0.2, 0.25) is 5.91 Å². The monoisotopic (exact) mass is 438 g/mol. The van der Waals surface area contributed by atoms with Crippen LogP contribution in [0, 0.1) is 5.82 Å². The van der Waals surface area contributed by atoms with E-state index in [0.29, 0.717) is 41.8 Å². The number of nitrogens with one attached hydrogen (secondary N) is 2. The molecule has 0 radical (unpaired) electrons. The summed E-state index contributed by atoms with van der Waals surface area (Å²) in [5.41, 5.74) is 2.52. The Morgan fingerprint density at radius 1 is 0.935 bits per heavy atom. The summed E-state index contributed by atoms with van der Waals surface area (Å²) in [5.74, 6) is 0.840. The van der Waals surface area contributed by atoms with Crippen molar-refractivity contribution in [2.75, 3.05) is 5.32 Å². The second kappa shape index (κ2) is 9.53. The number of aryl methyl sites for hydroxylation is 1. The Balaban J connectivity index is 1.34. The Hall–Kier alpha value is -3.52. The number of benzene rings is 2. The molecule has 1 amide bonds. The zero-order valence-electron chi connectivity index (χ0n) is 16.6. The van der Waals surface area contributed by atoms with Crippen LogP contribution in [0.2, 0.25) is 5.02 Å². The molecule has 0 spiro atoms. The molecule has 2 heterocycles. The molecule has 0 bridgehead atoms. The fourth-order valence-corrected chi connectivity index (χ4v) is 3.12. The molecule has 31 heavy (non-hydrogen) atoms. The lowest BCUT2D eigenvalue weighted by molar-refractivity contribution is -0.121. The minimum absolute atomic E-state index is 0.127. The van der Waals surface area contributed by atoms with Crippen LogP contribution < -0.4 is 10.6 Å². The highest BCUT2D eigenvalue weighted by molar-refractivity contribution is 6.30. The highest BCUT2D eigenvalue weighted by Gasteiger charge is 2.10. The van der Waals surface area contributed by atoms with E-state index in [0.717, 1.165) is 11.1 Å². The van der Waals surface area contributed by atoms with Gasteiger partial charge in [0.25, 0.3) is 0 Å². The number of fused-ring (bicyclic) bond motifs is 1. The van der Waals surface area contributed by atoms with E-state index in [1.165, 1.54) is 12.1 Å². The van der Waals surface area contributed by atoms with Gasteiger partial charge >= 0.3 is 0 Å². The minimum atomic E-state index is -0.303. The van der Waals surface area contributed by atoms with E-state index in [1.54, 1.807) is 16.6 Å². The summed E-state index contributed by atoms with van der Waals surface area (Å²) in [4.78, 5) is 12.2. The first-order valence-corrected chi connectivity index (χ1v) is 10.2. The summed E-state index contributed by atoms with van der Waals surface area (Å²) in [5, 5.41) is 19.6. The number of amides is 1. The molecule has 0 atom stereocenters. The molecule has 0 aliphatic carbocycles. The van der Waals surface area contributed by atoms with Gasteiger partial charge in [0.05, 0.1) is 0 Å². The zero-order chi connectivity index (χ0) is 21.6. The molecule has 2 aromatic carbocycles. The molecule has 9 heteroatoms. The summed E-state index contributed by atoms with van der Waals surface area (Å²) in [6.07, 6.45) is 0.635. The Labute approximate surface area is 183 Å². The molecule has 4 rings (SSSR count). The summed E-state index contributed by atoms with van der Waals surface area (Å²) in [7, 11) is 0. The number of rotatable bonds is 8. The van der Waals surface area contributed by atoms with Crippen molar-refractivity contribution in [3.05, 3.63) is 88.5 Å². The summed E-state index contributed by atoms with van der Waals surface area (Å²) >= 11 is 5.92. The average molecular weight is 439 g/mol. The van der Waals surface area contributed by atoms with Gasteiger partial charge < -0.3 is 10.6 Å². The quantitative estimate of drug-likeness (QED) is 0.437. The molecular formula is C22H20ClFN6O. The number of carbonyl (C=O) groups is 1. The van der Waals surface area contributed by atoms with Gasteiger partial charge in [0.15, 0.2) is 11.5 Å². The van der Waals surface area contributed by atoms with Gasteiger partial charge in [-0.15, -0.1) is 15.3 Å². The molecule has 0 fully saturated rings. The van der Waals surface area contributed by atoms with Gasteiger partial charge in [-0.2, -0.15) is 4.52 Å². The Bertz CT molecular complexity index is 1180. The lowest BCUT2D eigenvalue weighted by atomic mass is 10.2. The molecule has 2 aromatic heterocycles. The predicted molar refractivity (Wildman–Crippen MR) is 116 cm³/mol. The van der Waals surface area contributed by atoms with E-state index >= 15 is 0 Å². The van der Waals surface area contributed by atoms with Gasteiger partial charge in [0.1, 0.15) is 11.6 Å². The smallest absolute Gasteiger partial charge is 0.220 e. The lowest BCUT2D eigenvalue weighted by Crippen LogP contribution is -2.23. The number of aromatic nitrogens is 4. The molecule has 158 valence electrons. The molecule has 0 unspecified atom stereocenters. The van der Waals surface area contributed by atoms with Gasteiger partial charge in [0, 0.05) is 31.0 Å². The number of hydrogen-bond donors (Lipinski definition) is 2. The number of nitrogens with zero attached hydrogens (tertiary/aromatic N) is 4. The molecule has 4 aromatic rings. The van der Waals surface area contributed by atoms with E-state index in [4.69, 9.17) is 11.6 Å². The van der Waals surface area contributed by atoms with Crippen molar-refractivity contribution in [3.8, 4) is 0 Å². The standard InChI is InChI=1S/C22H20ClFN6O/c23-17-5-1-15(2-6-17)13-25-19-9-10-20-27-28-21(30(20)29-19)11-12-22(31)26-14-16-3-7-18(24)8-4-16/h1-10H,11-14H2,(H,25,29)(H,26,31). The maximum Gasteiger partial charge on any atom is 0.220 e. The van der Waals surface area contributed by atoms with Crippen LogP contribution in [-0.2, 0) is 24.3 Å². The van der Waals surface area contributed by atoms with E-state index in [9.17, 15) is 9.18 Å². The fourth-order valence-electron chi connectivity index (χ4n) is 2.99. The fraction of sp³-hybridized carbons (Fsp3) is 0.182. The molecule has 2 N–H and O–H groups in total. The molecule has 7 nitrogen and oxygen atoms in total. The highest BCUT2D eigenvalue weighted by atomic mass is 35.5. The first-order chi connectivity index (χ1) is 15.1. The van der Waals surface area contributed by atoms with Crippen LogP contribution in [0.25, 0.3) is 5.65 Å². The van der Waals surface area contributed by atoms with Crippen LogP contribution in [-0.4, -0.2) is 25.7 Å². The van der Waals surface area contributed by atoms with Crippen molar-refractivity contribution in [2.24, 2.45) is 0 Å². The maximum atomic E-state index is 13.0. The van der Waals surface area contributed by atoms with E-state index < -0.39 is 0 Å². The third-order valence-corrected chi connectivity index (χ3v) is 4.94. The Kier molecular flexibility index (Phi) is 6.37.